The van der Waals surface area contributed by atoms with Gasteiger partial charge in [-0.15, -0.1) is 0 Å². The quantitative estimate of drug-likeness (QED) is 0.854. The zero-order chi connectivity index (χ0) is 17.6. The largest absolute Gasteiger partial charge is 0.493 e. The standard InChI is InChI=1S/C18H22N2O4S/c1-22-14-4-3-5-15(17(14)23-2)24-13-8-6-12(7-9-13)20-18(21)16-10-11-19-25-16/h3-5,10-13H,6-9H2,1-2H3,(H,20,21). The maximum Gasteiger partial charge on any atom is 0.263 e. The van der Waals surface area contributed by atoms with Gasteiger partial charge in [0.15, 0.2) is 11.5 Å². The third-order valence-corrected chi connectivity index (χ3v) is 5.08. The van der Waals surface area contributed by atoms with E-state index in [0.717, 1.165) is 25.7 Å². The minimum Gasteiger partial charge on any atom is -0.493 e. The molecule has 0 bridgehead atoms. The fraction of sp³-hybridized carbons (Fsp3) is 0.444. The second-order valence-corrected chi connectivity index (χ2v) is 6.77. The average Bonchev–Trinajstić information content (AvgIpc) is 3.18. The summed E-state index contributed by atoms with van der Waals surface area (Å²) in [4.78, 5) is 12.8. The lowest BCUT2D eigenvalue weighted by atomic mass is 9.93. The van der Waals surface area contributed by atoms with Gasteiger partial charge in [-0.05, 0) is 55.4 Å². The fourth-order valence-corrected chi connectivity index (χ4v) is 3.54. The molecule has 6 nitrogen and oxygen atoms in total. The van der Waals surface area contributed by atoms with Crippen molar-refractivity contribution < 1.29 is 19.0 Å². The second-order valence-electron chi connectivity index (χ2n) is 5.93. The molecule has 0 radical (unpaired) electrons. The Balaban J connectivity index is 1.54. The van der Waals surface area contributed by atoms with Crippen LogP contribution in [-0.4, -0.2) is 36.6 Å². The molecule has 25 heavy (non-hydrogen) atoms. The molecule has 3 rings (SSSR count). The van der Waals surface area contributed by atoms with Gasteiger partial charge in [0.25, 0.3) is 5.91 Å². The van der Waals surface area contributed by atoms with Gasteiger partial charge in [0.05, 0.1) is 20.3 Å². The van der Waals surface area contributed by atoms with Crippen LogP contribution in [0.25, 0.3) is 0 Å². The van der Waals surface area contributed by atoms with Crippen molar-refractivity contribution in [1.82, 2.24) is 9.69 Å². The van der Waals surface area contributed by atoms with E-state index in [-0.39, 0.29) is 18.1 Å². The van der Waals surface area contributed by atoms with Crippen LogP contribution >= 0.6 is 11.5 Å². The van der Waals surface area contributed by atoms with Gasteiger partial charge >= 0.3 is 0 Å². The summed E-state index contributed by atoms with van der Waals surface area (Å²) in [5, 5.41) is 3.08. The first-order valence-electron chi connectivity index (χ1n) is 8.30. The van der Waals surface area contributed by atoms with E-state index in [2.05, 4.69) is 9.69 Å². The molecule has 1 N–H and O–H groups in total. The second kappa shape index (κ2) is 8.20. The van der Waals surface area contributed by atoms with E-state index in [4.69, 9.17) is 14.2 Å². The number of nitrogens with zero attached hydrogens (tertiary/aromatic N) is 1. The number of methoxy groups -OCH3 is 2. The van der Waals surface area contributed by atoms with Gasteiger partial charge in [-0.1, -0.05) is 6.07 Å². The summed E-state index contributed by atoms with van der Waals surface area (Å²) in [6.07, 6.45) is 5.30. The summed E-state index contributed by atoms with van der Waals surface area (Å²) in [6.45, 7) is 0. The molecule has 134 valence electrons. The lowest BCUT2D eigenvalue weighted by Crippen LogP contribution is -2.39. The van der Waals surface area contributed by atoms with Crippen molar-refractivity contribution in [2.24, 2.45) is 0 Å². The van der Waals surface area contributed by atoms with Crippen molar-refractivity contribution in [2.45, 2.75) is 37.8 Å². The lowest BCUT2D eigenvalue weighted by molar-refractivity contribution is 0.0895. The van der Waals surface area contributed by atoms with Crippen LogP contribution in [0.2, 0.25) is 0 Å². The van der Waals surface area contributed by atoms with E-state index in [1.807, 2.05) is 18.2 Å². The highest BCUT2D eigenvalue weighted by Gasteiger charge is 2.25. The molecule has 7 heteroatoms. The van der Waals surface area contributed by atoms with Crippen molar-refractivity contribution in [3.8, 4) is 17.2 Å². The highest BCUT2D eigenvalue weighted by atomic mass is 32.1. The van der Waals surface area contributed by atoms with E-state index in [1.54, 1.807) is 26.5 Å². The monoisotopic (exact) mass is 362 g/mol. The number of rotatable bonds is 6. The van der Waals surface area contributed by atoms with E-state index >= 15 is 0 Å². The topological polar surface area (TPSA) is 69.7 Å². The summed E-state index contributed by atoms with van der Waals surface area (Å²) < 4.78 is 20.8. The van der Waals surface area contributed by atoms with Crippen molar-refractivity contribution in [1.29, 1.82) is 0 Å². The molecule has 1 aromatic heterocycles. The Morgan fingerprint density at radius 3 is 2.52 bits per heavy atom. The Morgan fingerprint density at radius 2 is 1.88 bits per heavy atom. The molecule has 0 saturated heterocycles. The van der Waals surface area contributed by atoms with E-state index in [0.29, 0.717) is 22.1 Å². The Kier molecular flexibility index (Phi) is 5.75. The molecule has 1 amide bonds. The van der Waals surface area contributed by atoms with E-state index < -0.39 is 0 Å². The van der Waals surface area contributed by atoms with Crippen molar-refractivity contribution in [3.63, 3.8) is 0 Å². The molecular formula is C18H22N2O4S. The number of hydrogen-bond acceptors (Lipinski definition) is 6. The maximum absolute atomic E-state index is 12.1. The Morgan fingerprint density at radius 1 is 1.12 bits per heavy atom. The summed E-state index contributed by atoms with van der Waals surface area (Å²) >= 11 is 1.22. The predicted octanol–water partition coefficient (Wildman–Crippen LogP) is 3.28. The number of carbonyl (C=O) groups excluding carboxylic acids is 1. The van der Waals surface area contributed by atoms with Crippen molar-refractivity contribution >= 4 is 17.4 Å². The Labute approximate surface area is 151 Å². The molecule has 1 fully saturated rings. The van der Waals surface area contributed by atoms with Crippen LogP contribution in [0.3, 0.4) is 0 Å². The minimum absolute atomic E-state index is 0.0404. The van der Waals surface area contributed by atoms with Gasteiger partial charge in [-0.2, -0.15) is 0 Å². The first kappa shape index (κ1) is 17.5. The number of para-hydroxylation sites is 1. The molecule has 1 aromatic carbocycles. The molecule has 0 unspecified atom stereocenters. The maximum atomic E-state index is 12.1. The predicted molar refractivity (Wildman–Crippen MR) is 95.8 cm³/mol. The normalized spacial score (nSPS) is 19.9. The minimum atomic E-state index is -0.0404. The number of amides is 1. The van der Waals surface area contributed by atoms with Crippen LogP contribution in [-0.2, 0) is 0 Å². The smallest absolute Gasteiger partial charge is 0.263 e. The number of carbonyl (C=O) groups is 1. The average molecular weight is 362 g/mol. The van der Waals surface area contributed by atoms with Crippen LogP contribution in [0.5, 0.6) is 17.2 Å². The number of benzene rings is 1. The highest BCUT2D eigenvalue weighted by molar-refractivity contribution is 7.08. The van der Waals surface area contributed by atoms with Crippen LogP contribution in [0.1, 0.15) is 35.4 Å². The molecule has 0 atom stereocenters. The number of hydrogen-bond donors (Lipinski definition) is 1. The summed E-state index contributed by atoms with van der Waals surface area (Å²) in [5.41, 5.74) is 0. The summed E-state index contributed by atoms with van der Waals surface area (Å²) in [7, 11) is 3.22. The zero-order valence-electron chi connectivity index (χ0n) is 14.4. The van der Waals surface area contributed by atoms with Crippen LogP contribution in [0.15, 0.2) is 30.5 Å². The first-order chi connectivity index (χ1) is 12.2. The molecule has 0 aliphatic heterocycles. The van der Waals surface area contributed by atoms with Gasteiger partial charge in [-0.3, -0.25) is 4.79 Å². The van der Waals surface area contributed by atoms with E-state index in [1.165, 1.54) is 11.5 Å². The molecule has 1 aliphatic carbocycles. The van der Waals surface area contributed by atoms with Crippen LogP contribution in [0.4, 0.5) is 0 Å². The fourth-order valence-electron chi connectivity index (χ4n) is 3.04. The number of aromatic nitrogens is 1. The molecule has 1 saturated carbocycles. The summed E-state index contributed by atoms with van der Waals surface area (Å²) in [6, 6.07) is 7.54. The molecular weight excluding hydrogens is 340 g/mol. The van der Waals surface area contributed by atoms with E-state index in [9.17, 15) is 4.79 Å². The molecule has 0 spiro atoms. The molecule has 1 heterocycles. The third kappa shape index (κ3) is 4.22. The van der Waals surface area contributed by atoms with Crippen LogP contribution < -0.4 is 19.5 Å². The Hall–Kier alpha value is -2.28. The number of ether oxygens (including phenoxy) is 3. The lowest BCUT2D eigenvalue weighted by Gasteiger charge is -2.30. The summed E-state index contributed by atoms with van der Waals surface area (Å²) in [5.74, 6) is 1.93. The Bertz CT molecular complexity index is 697. The zero-order valence-corrected chi connectivity index (χ0v) is 15.2. The SMILES string of the molecule is COc1cccc(OC2CCC(NC(=O)c3ccns3)CC2)c1OC. The third-order valence-electron chi connectivity index (χ3n) is 4.33. The molecule has 1 aliphatic rings. The van der Waals surface area contributed by atoms with Gasteiger partial charge in [-0.25, -0.2) is 4.37 Å². The van der Waals surface area contributed by atoms with Gasteiger partial charge in [0.2, 0.25) is 5.75 Å². The van der Waals surface area contributed by atoms with Crippen molar-refractivity contribution in [2.75, 3.05) is 14.2 Å². The van der Waals surface area contributed by atoms with Crippen LogP contribution in [0, 0.1) is 0 Å². The van der Waals surface area contributed by atoms with Gasteiger partial charge < -0.3 is 19.5 Å². The van der Waals surface area contributed by atoms with Gasteiger partial charge in [0.1, 0.15) is 4.88 Å². The number of nitrogens with one attached hydrogen (secondary N) is 1. The molecule has 2 aromatic rings. The van der Waals surface area contributed by atoms with Crippen molar-refractivity contribution in [3.05, 3.63) is 35.3 Å². The highest BCUT2D eigenvalue weighted by Crippen LogP contribution is 2.38. The first-order valence-corrected chi connectivity index (χ1v) is 9.07. The van der Waals surface area contributed by atoms with Gasteiger partial charge in [0, 0.05) is 12.2 Å².